The molecule has 0 bridgehead atoms. The van der Waals surface area contributed by atoms with Crippen LogP contribution in [0.2, 0.25) is 0 Å². The Labute approximate surface area is 111 Å². The Morgan fingerprint density at radius 3 is 2.74 bits per heavy atom. The van der Waals surface area contributed by atoms with Gasteiger partial charge in [0.2, 0.25) is 0 Å². The summed E-state index contributed by atoms with van der Waals surface area (Å²) >= 11 is 0. The van der Waals surface area contributed by atoms with Gasteiger partial charge in [0.25, 0.3) is 0 Å². The third-order valence-corrected chi connectivity index (χ3v) is 3.23. The minimum atomic E-state index is 0.420. The van der Waals surface area contributed by atoms with Crippen LogP contribution in [0.3, 0.4) is 0 Å². The van der Waals surface area contributed by atoms with E-state index in [4.69, 9.17) is 10.5 Å². The molecule has 4 nitrogen and oxygen atoms in total. The first kappa shape index (κ1) is 11.7. The molecule has 0 unspecified atom stereocenters. The van der Waals surface area contributed by atoms with Gasteiger partial charge in [-0.05, 0) is 12.1 Å². The van der Waals surface area contributed by atoms with Crippen LogP contribution < -0.4 is 10.5 Å². The minimum absolute atomic E-state index is 0.420. The Kier molecular flexibility index (Phi) is 2.93. The van der Waals surface area contributed by atoms with Crippen LogP contribution in [0.4, 0.5) is 0 Å². The standard InChI is InChI=1S/C15H15N3O/c1-19-14-7-3-2-5-12(14)11-6-4-8-18-13(11)10-17-15(18)9-16/h2-8,10H,9,16H2,1H3. The van der Waals surface area contributed by atoms with Gasteiger partial charge in [0.05, 0.1) is 25.4 Å². The summed E-state index contributed by atoms with van der Waals surface area (Å²) in [6, 6.07) is 12.0. The fourth-order valence-electron chi connectivity index (χ4n) is 2.32. The SMILES string of the molecule is COc1ccccc1-c1cccn2c(CN)ncc12. The number of nitrogens with two attached hydrogens (primary N) is 1. The van der Waals surface area contributed by atoms with Crippen LogP contribution in [0.15, 0.2) is 48.8 Å². The van der Waals surface area contributed by atoms with Crippen molar-refractivity contribution < 1.29 is 4.74 Å². The molecule has 2 heterocycles. The second kappa shape index (κ2) is 4.74. The maximum Gasteiger partial charge on any atom is 0.127 e. The maximum absolute atomic E-state index is 5.70. The van der Waals surface area contributed by atoms with Crippen molar-refractivity contribution in [2.75, 3.05) is 7.11 Å². The number of fused-ring (bicyclic) bond motifs is 1. The van der Waals surface area contributed by atoms with E-state index in [0.29, 0.717) is 6.54 Å². The normalized spacial score (nSPS) is 10.8. The molecular weight excluding hydrogens is 238 g/mol. The smallest absolute Gasteiger partial charge is 0.127 e. The van der Waals surface area contributed by atoms with Crippen molar-refractivity contribution in [3.8, 4) is 16.9 Å². The minimum Gasteiger partial charge on any atom is -0.496 e. The Morgan fingerprint density at radius 1 is 1.16 bits per heavy atom. The van der Waals surface area contributed by atoms with Crippen LogP contribution in [-0.2, 0) is 6.54 Å². The topological polar surface area (TPSA) is 52.5 Å². The lowest BCUT2D eigenvalue weighted by Crippen LogP contribution is -2.02. The fraction of sp³-hybridized carbons (Fsp3) is 0.133. The van der Waals surface area contributed by atoms with Gasteiger partial charge in [-0.15, -0.1) is 0 Å². The lowest BCUT2D eigenvalue weighted by atomic mass is 10.0. The molecule has 2 aromatic heterocycles. The van der Waals surface area contributed by atoms with Crippen LogP contribution >= 0.6 is 0 Å². The average molecular weight is 253 g/mol. The van der Waals surface area contributed by atoms with Gasteiger partial charge in [-0.1, -0.05) is 24.3 Å². The highest BCUT2D eigenvalue weighted by Gasteiger charge is 2.11. The van der Waals surface area contributed by atoms with E-state index in [0.717, 1.165) is 28.2 Å². The van der Waals surface area contributed by atoms with E-state index in [1.165, 1.54) is 0 Å². The number of rotatable bonds is 3. The molecule has 0 spiro atoms. The summed E-state index contributed by atoms with van der Waals surface area (Å²) in [7, 11) is 1.68. The fourth-order valence-corrected chi connectivity index (χ4v) is 2.32. The second-order valence-corrected chi connectivity index (χ2v) is 4.26. The summed E-state index contributed by atoms with van der Waals surface area (Å²) in [5.74, 6) is 1.71. The van der Waals surface area contributed by atoms with Crippen LogP contribution in [0.5, 0.6) is 5.75 Å². The third-order valence-electron chi connectivity index (χ3n) is 3.23. The molecule has 19 heavy (non-hydrogen) atoms. The largest absolute Gasteiger partial charge is 0.496 e. The zero-order chi connectivity index (χ0) is 13.2. The van der Waals surface area contributed by atoms with Crippen molar-refractivity contribution in [1.82, 2.24) is 9.38 Å². The molecule has 1 aromatic carbocycles. The highest BCUT2D eigenvalue weighted by Crippen LogP contribution is 2.32. The van der Waals surface area contributed by atoms with Crippen molar-refractivity contribution in [1.29, 1.82) is 0 Å². The van der Waals surface area contributed by atoms with Gasteiger partial charge in [0.1, 0.15) is 11.6 Å². The van der Waals surface area contributed by atoms with E-state index >= 15 is 0 Å². The first-order valence-electron chi connectivity index (χ1n) is 6.13. The number of nitrogens with zero attached hydrogens (tertiary/aromatic N) is 2. The predicted molar refractivity (Wildman–Crippen MR) is 75.1 cm³/mol. The van der Waals surface area contributed by atoms with Gasteiger partial charge in [-0.25, -0.2) is 4.98 Å². The second-order valence-electron chi connectivity index (χ2n) is 4.26. The molecular formula is C15H15N3O. The number of para-hydroxylation sites is 1. The van der Waals surface area contributed by atoms with Gasteiger partial charge < -0.3 is 14.9 Å². The van der Waals surface area contributed by atoms with Gasteiger partial charge >= 0.3 is 0 Å². The van der Waals surface area contributed by atoms with E-state index in [9.17, 15) is 0 Å². The van der Waals surface area contributed by atoms with Crippen molar-refractivity contribution in [2.24, 2.45) is 5.73 Å². The van der Waals surface area contributed by atoms with E-state index < -0.39 is 0 Å². The molecule has 0 atom stereocenters. The molecule has 0 fully saturated rings. The molecule has 0 radical (unpaired) electrons. The molecule has 96 valence electrons. The molecule has 2 N–H and O–H groups in total. The lowest BCUT2D eigenvalue weighted by Gasteiger charge is -2.10. The van der Waals surface area contributed by atoms with Crippen molar-refractivity contribution in [3.05, 3.63) is 54.6 Å². The van der Waals surface area contributed by atoms with Crippen LogP contribution in [0.25, 0.3) is 16.6 Å². The average Bonchev–Trinajstić information content (AvgIpc) is 2.90. The zero-order valence-corrected chi connectivity index (χ0v) is 10.7. The quantitative estimate of drug-likeness (QED) is 0.780. The Hall–Kier alpha value is -2.33. The van der Waals surface area contributed by atoms with Crippen LogP contribution in [-0.4, -0.2) is 16.5 Å². The van der Waals surface area contributed by atoms with E-state index in [1.807, 2.05) is 47.1 Å². The molecule has 3 aromatic rings. The Balaban J connectivity index is 2.28. The summed E-state index contributed by atoms with van der Waals surface area (Å²) in [5.41, 5.74) is 8.88. The molecule has 4 heteroatoms. The Bertz CT molecular complexity index is 718. The molecule has 3 rings (SSSR count). The number of ether oxygens (including phenoxy) is 1. The van der Waals surface area contributed by atoms with Gasteiger partial charge in [0, 0.05) is 17.3 Å². The number of hydrogen-bond donors (Lipinski definition) is 1. The summed E-state index contributed by atoms with van der Waals surface area (Å²) in [6.45, 7) is 0.420. The zero-order valence-electron chi connectivity index (χ0n) is 10.7. The summed E-state index contributed by atoms with van der Waals surface area (Å²) in [4.78, 5) is 4.35. The van der Waals surface area contributed by atoms with Gasteiger partial charge in [0.15, 0.2) is 0 Å². The predicted octanol–water partition coefficient (Wildman–Crippen LogP) is 2.47. The number of aromatic nitrogens is 2. The monoisotopic (exact) mass is 253 g/mol. The van der Waals surface area contributed by atoms with Gasteiger partial charge in [-0.3, -0.25) is 0 Å². The number of imidazole rings is 1. The molecule has 0 aliphatic heterocycles. The van der Waals surface area contributed by atoms with Crippen molar-refractivity contribution >= 4 is 5.52 Å². The number of pyridine rings is 1. The molecule has 0 saturated heterocycles. The maximum atomic E-state index is 5.70. The van der Waals surface area contributed by atoms with Crippen LogP contribution in [0.1, 0.15) is 5.82 Å². The van der Waals surface area contributed by atoms with Crippen molar-refractivity contribution in [2.45, 2.75) is 6.54 Å². The number of methoxy groups -OCH3 is 1. The summed E-state index contributed by atoms with van der Waals surface area (Å²) in [5, 5.41) is 0. The van der Waals surface area contributed by atoms with Gasteiger partial charge in [-0.2, -0.15) is 0 Å². The molecule has 0 aliphatic carbocycles. The lowest BCUT2D eigenvalue weighted by molar-refractivity contribution is 0.416. The van der Waals surface area contributed by atoms with E-state index in [-0.39, 0.29) is 0 Å². The van der Waals surface area contributed by atoms with Crippen molar-refractivity contribution in [3.63, 3.8) is 0 Å². The molecule has 0 saturated carbocycles. The Morgan fingerprint density at radius 2 is 1.95 bits per heavy atom. The molecule has 0 amide bonds. The van der Waals surface area contributed by atoms with E-state index in [1.54, 1.807) is 7.11 Å². The number of hydrogen-bond acceptors (Lipinski definition) is 3. The summed E-state index contributed by atoms with van der Waals surface area (Å²) in [6.07, 6.45) is 3.83. The first-order valence-corrected chi connectivity index (χ1v) is 6.13. The summed E-state index contributed by atoms with van der Waals surface area (Å²) < 4.78 is 7.44. The highest BCUT2D eigenvalue weighted by atomic mass is 16.5. The van der Waals surface area contributed by atoms with E-state index in [2.05, 4.69) is 11.1 Å². The first-order chi connectivity index (χ1) is 9.35. The molecule has 0 aliphatic rings. The number of benzene rings is 1. The highest BCUT2D eigenvalue weighted by molar-refractivity contribution is 5.83. The van der Waals surface area contributed by atoms with Crippen LogP contribution in [0, 0.1) is 0 Å². The third kappa shape index (κ3) is 1.86.